The lowest BCUT2D eigenvalue weighted by atomic mass is 10.1. The van der Waals surface area contributed by atoms with Crippen LogP contribution < -0.4 is 20.5 Å². The van der Waals surface area contributed by atoms with Gasteiger partial charge in [0, 0.05) is 30.9 Å². The van der Waals surface area contributed by atoms with Crippen molar-refractivity contribution < 1.29 is 14.3 Å². The largest absolute Gasteiger partial charge is 0.454 e. The first-order valence-corrected chi connectivity index (χ1v) is 6.66. The lowest BCUT2D eigenvalue weighted by Gasteiger charge is -2.21. The van der Waals surface area contributed by atoms with Crippen LogP contribution in [-0.2, 0) is 0 Å². The maximum atomic E-state index is 12.1. The minimum absolute atomic E-state index is 0.166. The van der Waals surface area contributed by atoms with Crippen LogP contribution in [-0.4, -0.2) is 43.8 Å². The van der Waals surface area contributed by atoms with E-state index >= 15 is 0 Å². The lowest BCUT2D eigenvalue weighted by molar-refractivity contribution is 0.0948. The van der Waals surface area contributed by atoms with Gasteiger partial charge in [-0.2, -0.15) is 0 Å². The summed E-state index contributed by atoms with van der Waals surface area (Å²) in [5, 5.41) is 2.86. The third-order valence-electron chi connectivity index (χ3n) is 3.42. The highest BCUT2D eigenvalue weighted by atomic mass is 16.7. The van der Waals surface area contributed by atoms with Crippen LogP contribution in [0.25, 0.3) is 0 Å². The minimum Gasteiger partial charge on any atom is -0.454 e. The molecule has 0 spiro atoms. The highest BCUT2D eigenvalue weighted by molar-refractivity contribution is 6.00. The van der Waals surface area contributed by atoms with E-state index in [2.05, 4.69) is 24.1 Å². The van der Waals surface area contributed by atoms with Gasteiger partial charge in [0.1, 0.15) is 0 Å². The smallest absolute Gasteiger partial charge is 0.253 e. The van der Waals surface area contributed by atoms with Gasteiger partial charge in [0.15, 0.2) is 11.5 Å². The second kappa shape index (κ2) is 6.00. The number of nitrogens with zero attached hydrogens (tertiary/aromatic N) is 1. The molecule has 0 aromatic heterocycles. The second-order valence-corrected chi connectivity index (χ2v) is 5.12. The molecule has 0 unspecified atom stereocenters. The Labute approximate surface area is 118 Å². The zero-order chi connectivity index (χ0) is 14.7. The van der Waals surface area contributed by atoms with Crippen LogP contribution in [0.1, 0.15) is 24.2 Å². The van der Waals surface area contributed by atoms with Crippen LogP contribution >= 0.6 is 0 Å². The van der Waals surface area contributed by atoms with E-state index in [-0.39, 0.29) is 12.7 Å². The van der Waals surface area contributed by atoms with E-state index in [1.54, 1.807) is 12.1 Å². The number of ether oxygens (including phenoxy) is 2. The van der Waals surface area contributed by atoms with Crippen molar-refractivity contribution in [1.82, 2.24) is 10.2 Å². The number of benzene rings is 1. The molecule has 1 heterocycles. The number of anilines is 1. The molecule has 20 heavy (non-hydrogen) atoms. The first-order valence-electron chi connectivity index (χ1n) is 6.66. The summed E-state index contributed by atoms with van der Waals surface area (Å²) in [6.45, 7) is 5.74. The molecule has 1 aliphatic heterocycles. The number of hydrogen-bond donors (Lipinski definition) is 2. The van der Waals surface area contributed by atoms with Gasteiger partial charge in [0.2, 0.25) is 6.79 Å². The van der Waals surface area contributed by atoms with Crippen molar-refractivity contribution >= 4 is 11.6 Å². The molecule has 6 nitrogen and oxygen atoms in total. The van der Waals surface area contributed by atoms with Gasteiger partial charge in [-0.3, -0.25) is 4.79 Å². The summed E-state index contributed by atoms with van der Waals surface area (Å²) in [7, 11) is 2.02. The van der Waals surface area contributed by atoms with Crippen LogP contribution in [0.3, 0.4) is 0 Å². The third-order valence-corrected chi connectivity index (χ3v) is 3.42. The number of nitrogens with two attached hydrogens (primary N) is 1. The number of likely N-dealkylation sites (N-methyl/N-ethyl adjacent to an activating group) is 1. The average molecular weight is 279 g/mol. The van der Waals surface area contributed by atoms with Crippen molar-refractivity contribution in [2.75, 3.05) is 32.7 Å². The van der Waals surface area contributed by atoms with E-state index in [1.807, 2.05) is 7.05 Å². The molecule has 1 amide bonds. The molecule has 6 heteroatoms. The van der Waals surface area contributed by atoms with Crippen LogP contribution in [0, 0.1) is 0 Å². The third kappa shape index (κ3) is 3.14. The quantitative estimate of drug-likeness (QED) is 0.788. The molecule has 2 rings (SSSR count). The van der Waals surface area contributed by atoms with Gasteiger partial charge in [-0.25, -0.2) is 0 Å². The van der Waals surface area contributed by atoms with E-state index in [0.29, 0.717) is 35.3 Å². The first kappa shape index (κ1) is 14.5. The highest BCUT2D eigenvalue weighted by Gasteiger charge is 2.19. The van der Waals surface area contributed by atoms with Crippen molar-refractivity contribution in [3.8, 4) is 11.5 Å². The van der Waals surface area contributed by atoms with E-state index in [9.17, 15) is 4.79 Å². The number of carbonyl (C=O) groups is 1. The SMILES string of the molecule is CC(C)N(C)CCNC(=O)c1cc2c(cc1N)OCO2. The molecule has 1 aromatic rings. The Morgan fingerprint density at radius 1 is 1.40 bits per heavy atom. The maximum Gasteiger partial charge on any atom is 0.253 e. The van der Waals surface area contributed by atoms with Gasteiger partial charge >= 0.3 is 0 Å². The Balaban J connectivity index is 1.96. The number of amides is 1. The van der Waals surface area contributed by atoms with Gasteiger partial charge in [-0.05, 0) is 27.0 Å². The summed E-state index contributed by atoms with van der Waals surface area (Å²) in [5.74, 6) is 0.945. The van der Waals surface area contributed by atoms with E-state index in [0.717, 1.165) is 6.54 Å². The molecule has 0 saturated heterocycles. The normalized spacial score (nSPS) is 13.1. The Bertz CT molecular complexity index is 503. The van der Waals surface area contributed by atoms with Gasteiger partial charge in [-0.15, -0.1) is 0 Å². The molecule has 0 fully saturated rings. The molecule has 0 saturated carbocycles. The van der Waals surface area contributed by atoms with Crippen LogP contribution in [0.15, 0.2) is 12.1 Å². The molecule has 1 aliphatic rings. The van der Waals surface area contributed by atoms with Crippen molar-refractivity contribution in [1.29, 1.82) is 0 Å². The van der Waals surface area contributed by atoms with Crippen LogP contribution in [0.5, 0.6) is 11.5 Å². The minimum atomic E-state index is -0.196. The van der Waals surface area contributed by atoms with Crippen molar-refractivity contribution in [3.63, 3.8) is 0 Å². The summed E-state index contributed by atoms with van der Waals surface area (Å²) in [6.07, 6.45) is 0. The molecule has 0 bridgehead atoms. The topological polar surface area (TPSA) is 76.8 Å². The van der Waals surface area contributed by atoms with Gasteiger partial charge < -0.3 is 25.4 Å². The van der Waals surface area contributed by atoms with E-state index < -0.39 is 0 Å². The van der Waals surface area contributed by atoms with Crippen LogP contribution in [0.2, 0.25) is 0 Å². The van der Waals surface area contributed by atoms with Gasteiger partial charge in [0.05, 0.1) is 5.56 Å². The number of carbonyl (C=O) groups excluding carboxylic acids is 1. The summed E-state index contributed by atoms with van der Waals surface area (Å²) < 4.78 is 10.5. The molecular weight excluding hydrogens is 258 g/mol. The van der Waals surface area contributed by atoms with Crippen molar-refractivity contribution in [2.24, 2.45) is 0 Å². The number of rotatable bonds is 5. The predicted octanol–water partition coefficient (Wildman–Crippen LogP) is 1.07. The molecular formula is C14H21N3O3. The summed E-state index contributed by atoms with van der Waals surface area (Å²) in [6, 6.07) is 3.69. The molecule has 0 atom stereocenters. The molecule has 0 aliphatic carbocycles. The Kier molecular flexibility index (Phi) is 4.34. The van der Waals surface area contributed by atoms with Gasteiger partial charge in [0.25, 0.3) is 5.91 Å². The Morgan fingerprint density at radius 2 is 2.05 bits per heavy atom. The van der Waals surface area contributed by atoms with Crippen molar-refractivity contribution in [3.05, 3.63) is 17.7 Å². The van der Waals surface area contributed by atoms with E-state index in [4.69, 9.17) is 15.2 Å². The van der Waals surface area contributed by atoms with Crippen LogP contribution in [0.4, 0.5) is 5.69 Å². The number of nitrogens with one attached hydrogen (secondary N) is 1. The summed E-state index contributed by atoms with van der Waals surface area (Å²) in [4.78, 5) is 14.3. The zero-order valence-electron chi connectivity index (χ0n) is 12.1. The lowest BCUT2D eigenvalue weighted by Crippen LogP contribution is -2.36. The fourth-order valence-corrected chi connectivity index (χ4v) is 1.85. The fourth-order valence-electron chi connectivity index (χ4n) is 1.85. The molecule has 110 valence electrons. The summed E-state index contributed by atoms with van der Waals surface area (Å²) >= 11 is 0. The summed E-state index contributed by atoms with van der Waals surface area (Å²) in [5.41, 5.74) is 6.68. The van der Waals surface area contributed by atoms with Gasteiger partial charge in [-0.1, -0.05) is 0 Å². The Morgan fingerprint density at radius 3 is 2.70 bits per heavy atom. The zero-order valence-corrected chi connectivity index (χ0v) is 12.1. The Hall–Kier alpha value is -1.95. The average Bonchev–Trinajstić information content (AvgIpc) is 2.84. The van der Waals surface area contributed by atoms with E-state index in [1.165, 1.54) is 0 Å². The first-order chi connectivity index (χ1) is 9.49. The molecule has 3 N–H and O–H groups in total. The maximum absolute atomic E-state index is 12.1. The predicted molar refractivity (Wildman–Crippen MR) is 77.1 cm³/mol. The number of fused-ring (bicyclic) bond motifs is 1. The monoisotopic (exact) mass is 279 g/mol. The number of nitrogen functional groups attached to an aromatic ring is 1. The molecule has 0 radical (unpaired) electrons. The standard InChI is InChI=1S/C14H21N3O3/c1-9(2)17(3)5-4-16-14(18)10-6-12-13(7-11(10)15)20-8-19-12/h6-7,9H,4-5,8,15H2,1-3H3,(H,16,18). The number of hydrogen-bond acceptors (Lipinski definition) is 5. The molecule has 1 aromatic carbocycles. The second-order valence-electron chi connectivity index (χ2n) is 5.12. The van der Waals surface area contributed by atoms with Crippen molar-refractivity contribution in [2.45, 2.75) is 19.9 Å². The highest BCUT2D eigenvalue weighted by Crippen LogP contribution is 2.35. The fraction of sp³-hybridized carbons (Fsp3) is 0.500.